The van der Waals surface area contributed by atoms with E-state index in [0.29, 0.717) is 32.2 Å². The highest BCUT2D eigenvalue weighted by Crippen LogP contribution is 2.21. The van der Waals surface area contributed by atoms with E-state index in [9.17, 15) is 43.8 Å². The van der Waals surface area contributed by atoms with Crippen LogP contribution in [0.1, 0.15) is 65.7 Å². The Labute approximate surface area is 256 Å². The van der Waals surface area contributed by atoms with E-state index >= 15 is 0 Å². The lowest BCUT2D eigenvalue weighted by molar-refractivity contribution is -0.146. The number of carboxylic acid groups (broad SMARTS) is 1. The third-order valence-electron chi connectivity index (χ3n) is 7.48. The molecule has 1 fully saturated rings. The quantitative estimate of drug-likeness (QED) is 0.0629. The van der Waals surface area contributed by atoms with E-state index in [1.54, 1.807) is 6.92 Å². The van der Waals surface area contributed by atoms with Crippen molar-refractivity contribution >= 4 is 41.4 Å². The number of hydrogen-bond donors (Lipinski definition) is 9. The van der Waals surface area contributed by atoms with E-state index in [1.807, 2.05) is 6.92 Å². The number of carbonyl (C=O) groups is 7. The van der Waals surface area contributed by atoms with Crippen LogP contribution in [0.2, 0.25) is 0 Å². The van der Waals surface area contributed by atoms with Crippen molar-refractivity contribution in [1.82, 2.24) is 26.2 Å². The molecule has 0 bridgehead atoms. The molecule has 12 N–H and O–H groups in total. The Hall–Kier alpha value is -3.83. The smallest absolute Gasteiger partial charge is 0.328 e. The molecule has 6 amide bonds. The van der Waals surface area contributed by atoms with Crippen LogP contribution in [-0.4, -0.2) is 112 Å². The molecule has 1 heterocycles. The van der Waals surface area contributed by atoms with Gasteiger partial charge < -0.3 is 53.6 Å². The molecule has 44 heavy (non-hydrogen) atoms. The highest BCUT2D eigenvalue weighted by molar-refractivity contribution is 5.97. The Bertz CT molecular complexity index is 1040. The van der Waals surface area contributed by atoms with Gasteiger partial charge in [0.1, 0.15) is 24.2 Å². The van der Waals surface area contributed by atoms with E-state index in [2.05, 4.69) is 21.3 Å². The number of aliphatic hydroxyl groups excluding tert-OH is 1. The molecule has 1 aliphatic rings. The van der Waals surface area contributed by atoms with E-state index in [-0.39, 0.29) is 31.8 Å². The van der Waals surface area contributed by atoms with Gasteiger partial charge in [0.25, 0.3) is 0 Å². The summed E-state index contributed by atoms with van der Waals surface area (Å²) in [5.74, 6) is -6.32. The van der Waals surface area contributed by atoms with E-state index in [4.69, 9.17) is 17.2 Å². The van der Waals surface area contributed by atoms with Gasteiger partial charge in [0.2, 0.25) is 35.4 Å². The number of nitrogens with zero attached hydrogens (tertiary/aromatic N) is 1. The largest absolute Gasteiger partial charge is 0.480 e. The van der Waals surface area contributed by atoms with Gasteiger partial charge in [-0.3, -0.25) is 28.8 Å². The Morgan fingerprint density at radius 2 is 1.57 bits per heavy atom. The van der Waals surface area contributed by atoms with Crippen LogP contribution in [0, 0.1) is 5.92 Å². The minimum atomic E-state index is -1.72. The van der Waals surface area contributed by atoms with Gasteiger partial charge in [-0.1, -0.05) is 20.3 Å². The van der Waals surface area contributed by atoms with Crippen LogP contribution < -0.4 is 38.5 Å². The zero-order valence-corrected chi connectivity index (χ0v) is 25.5. The maximum Gasteiger partial charge on any atom is 0.328 e. The van der Waals surface area contributed by atoms with Gasteiger partial charge in [-0.2, -0.15) is 0 Å². The lowest BCUT2D eigenvalue weighted by atomic mass is 9.97. The number of amides is 6. The minimum absolute atomic E-state index is 0.161. The third kappa shape index (κ3) is 11.7. The van der Waals surface area contributed by atoms with E-state index in [0.717, 1.165) is 6.92 Å². The standard InChI is InChI=1S/C27H48N8O9/c1-4-14(2)21(33-20(38)13-29)25(41)31-16(8-5-6-10-28)26(42)35-11-7-9-18(35)24(40)32-17(12-19(30)37)23(39)34-22(15(3)36)27(43)44/h14-18,21-22,36H,4-13,28-29H2,1-3H3,(H2,30,37)(H,31,41)(H,32,40)(H,33,38)(H,34,39)(H,43,44)/t14-,15+,16-,17-,18-,21-,22-/m0/s1. The second-order valence-corrected chi connectivity index (χ2v) is 11.0. The molecule has 17 heteroatoms. The van der Waals surface area contributed by atoms with Crippen molar-refractivity contribution in [3.8, 4) is 0 Å². The molecule has 1 saturated heterocycles. The number of carbonyl (C=O) groups excluding carboxylic acids is 6. The van der Waals surface area contributed by atoms with Gasteiger partial charge in [-0.25, -0.2) is 4.79 Å². The van der Waals surface area contributed by atoms with Crippen LogP contribution in [0.25, 0.3) is 0 Å². The first-order valence-electron chi connectivity index (χ1n) is 14.8. The van der Waals surface area contributed by atoms with Crippen LogP contribution >= 0.6 is 0 Å². The van der Waals surface area contributed by atoms with E-state index < -0.39 is 84.1 Å². The van der Waals surface area contributed by atoms with Gasteiger partial charge in [0.05, 0.1) is 19.1 Å². The second kappa shape index (κ2) is 18.7. The molecule has 0 aliphatic carbocycles. The van der Waals surface area contributed by atoms with Crippen LogP contribution in [0.4, 0.5) is 0 Å². The maximum absolute atomic E-state index is 13.8. The number of rotatable bonds is 19. The molecule has 250 valence electrons. The summed E-state index contributed by atoms with van der Waals surface area (Å²) in [7, 11) is 0. The van der Waals surface area contributed by atoms with Crippen LogP contribution in [-0.2, 0) is 33.6 Å². The molecule has 7 atom stereocenters. The summed E-state index contributed by atoms with van der Waals surface area (Å²) < 4.78 is 0. The summed E-state index contributed by atoms with van der Waals surface area (Å²) in [6, 6.07) is -6.39. The van der Waals surface area contributed by atoms with E-state index in [1.165, 1.54) is 4.90 Å². The molecule has 0 unspecified atom stereocenters. The van der Waals surface area contributed by atoms with Crippen molar-refractivity contribution < 1.29 is 43.8 Å². The molecule has 0 spiro atoms. The van der Waals surface area contributed by atoms with Crippen molar-refractivity contribution in [2.24, 2.45) is 23.1 Å². The molecule has 1 aliphatic heterocycles. The van der Waals surface area contributed by atoms with Crippen LogP contribution in [0.3, 0.4) is 0 Å². The third-order valence-corrected chi connectivity index (χ3v) is 7.48. The van der Waals surface area contributed by atoms with Crippen molar-refractivity contribution in [3.05, 3.63) is 0 Å². The lowest BCUT2D eigenvalue weighted by Crippen LogP contribution is -2.60. The first-order chi connectivity index (χ1) is 20.7. The molecule has 1 rings (SSSR count). The van der Waals surface area contributed by atoms with Crippen molar-refractivity contribution in [2.75, 3.05) is 19.6 Å². The summed E-state index contributed by atoms with van der Waals surface area (Å²) in [5.41, 5.74) is 16.3. The number of hydrogen-bond acceptors (Lipinski definition) is 10. The Kier molecular flexibility index (Phi) is 16.3. The predicted molar refractivity (Wildman–Crippen MR) is 157 cm³/mol. The fourth-order valence-electron chi connectivity index (χ4n) is 4.77. The number of carboxylic acids is 1. The SMILES string of the molecule is CC[C@H](C)[C@H](NC(=O)CN)C(=O)N[C@@H](CCCCN)C(=O)N1CCC[C@H]1C(=O)N[C@@H](CC(N)=O)C(=O)N[C@H](C(=O)O)[C@@H](C)O. The van der Waals surface area contributed by atoms with Gasteiger partial charge in [0.15, 0.2) is 6.04 Å². The average molecular weight is 629 g/mol. The number of unbranched alkanes of at least 4 members (excludes halogenated alkanes) is 1. The molecule has 0 saturated carbocycles. The van der Waals surface area contributed by atoms with Crippen molar-refractivity contribution in [1.29, 1.82) is 0 Å². The number of nitrogens with one attached hydrogen (secondary N) is 4. The fraction of sp³-hybridized carbons (Fsp3) is 0.741. The zero-order valence-electron chi connectivity index (χ0n) is 25.5. The Morgan fingerprint density at radius 3 is 2.09 bits per heavy atom. The Balaban J connectivity index is 3.19. The van der Waals surface area contributed by atoms with Gasteiger partial charge in [-0.05, 0) is 51.5 Å². The number of likely N-dealkylation sites (tertiary alicyclic amines) is 1. The number of nitrogens with two attached hydrogens (primary N) is 3. The monoisotopic (exact) mass is 628 g/mol. The second-order valence-electron chi connectivity index (χ2n) is 11.0. The fourth-order valence-corrected chi connectivity index (χ4v) is 4.77. The van der Waals surface area contributed by atoms with Gasteiger partial charge >= 0.3 is 5.97 Å². The average Bonchev–Trinajstić information content (AvgIpc) is 3.46. The highest BCUT2D eigenvalue weighted by Gasteiger charge is 2.40. The number of aliphatic hydroxyl groups is 1. The summed E-state index contributed by atoms with van der Waals surface area (Å²) in [6.45, 7) is 4.94. The predicted octanol–water partition coefficient (Wildman–Crippen LogP) is -3.61. The minimum Gasteiger partial charge on any atom is -0.480 e. The topological polar surface area (TPSA) is 289 Å². The normalized spacial score (nSPS) is 18.6. The number of aliphatic carboxylic acids is 1. The molecule has 17 nitrogen and oxygen atoms in total. The number of primary amides is 1. The van der Waals surface area contributed by atoms with Crippen molar-refractivity contribution in [3.63, 3.8) is 0 Å². The van der Waals surface area contributed by atoms with Gasteiger partial charge in [0, 0.05) is 6.54 Å². The summed E-state index contributed by atoms with van der Waals surface area (Å²) in [6.07, 6.45) is 0.268. The molecule has 0 aromatic rings. The molecule has 0 aromatic carbocycles. The van der Waals surface area contributed by atoms with Crippen LogP contribution in [0.15, 0.2) is 0 Å². The van der Waals surface area contributed by atoms with Crippen molar-refractivity contribution in [2.45, 2.75) is 102 Å². The first kappa shape index (κ1) is 38.2. The summed E-state index contributed by atoms with van der Waals surface area (Å²) >= 11 is 0. The summed E-state index contributed by atoms with van der Waals surface area (Å²) in [5, 5.41) is 28.7. The summed E-state index contributed by atoms with van der Waals surface area (Å²) in [4.78, 5) is 89.5. The first-order valence-corrected chi connectivity index (χ1v) is 14.8. The highest BCUT2D eigenvalue weighted by atomic mass is 16.4. The molecule has 0 aromatic heterocycles. The molecular formula is C27H48N8O9. The molecular weight excluding hydrogens is 580 g/mol. The maximum atomic E-state index is 13.8. The van der Waals surface area contributed by atoms with Crippen LogP contribution in [0.5, 0.6) is 0 Å². The zero-order chi connectivity index (χ0) is 33.6. The molecule has 0 radical (unpaired) electrons. The van der Waals surface area contributed by atoms with Gasteiger partial charge in [-0.15, -0.1) is 0 Å². The lowest BCUT2D eigenvalue weighted by Gasteiger charge is -2.31. The Morgan fingerprint density at radius 1 is 0.909 bits per heavy atom.